The molecule has 0 bridgehead atoms. The van der Waals surface area contributed by atoms with Crippen molar-refractivity contribution in [1.29, 1.82) is 0 Å². The molecule has 0 saturated carbocycles. The molecular formula is C15H24F2N2. The van der Waals surface area contributed by atoms with Gasteiger partial charge in [-0.15, -0.1) is 0 Å². The van der Waals surface area contributed by atoms with Gasteiger partial charge in [0.2, 0.25) is 0 Å². The second-order valence-electron chi connectivity index (χ2n) is 5.34. The molecule has 1 aromatic rings. The maximum atomic E-state index is 13.4. The van der Waals surface area contributed by atoms with Gasteiger partial charge in [-0.2, -0.15) is 0 Å². The summed E-state index contributed by atoms with van der Waals surface area (Å²) in [6, 6.07) is 4.50. The van der Waals surface area contributed by atoms with Crippen molar-refractivity contribution in [2.75, 3.05) is 13.1 Å². The monoisotopic (exact) mass is 270 g/mol. The molecular weight excluding hydrogens is 246 g/mol. The van der Waals surface area contributed by atoms with Crippen LogP contribution in [0.3, 0.4) is 0 Å². The van der Waals surface area contributed by atoms with Gasteiger partial charge in [0.05, 0.1) is 0 Å². The van der Waals surface area contributed by atoms with Crippen LogP contribution in [0.15, 0.2) is 18.2 Å². The molecule has 4 heteroatoms. The lowest BCUT2D eigenvalue weighted by molar-refractivity contribution is 0.175. The Labute approximate surface area is 114 Å². The highest BCUT2D eigenvalue weighted by Gasteiger charge is 2.12. The smallest absolute Gasteiger partial charge is 0.127 e. The zero-order valence-electron chi connectivity index (χ0n) is 12.2. The molecule has 108 valence electrons. The maximum absolute atomic E-state index is 13.4. The summed E-state index contributed by atoms with van der Waals surface area (Å²) in [5.74, 6) is -0.761. The average molecular weight is 270 g/mol. The molecule has 0 aromatic heterocycles. The third-order valence-corrected chi connectivity index (χ3v) is 3.20. The first-order valence-electron chi connectivity index (χ1n) is 6.82. The number of benzene rings is 1. The first kappa shape index (κ1) is 16.1. The summed E-state index contributed by atoms with van der Waals surface area (Å²) < 4.78 is 26.4. The summed E-state index contributed by atoms with van der Waals surface area (Å²) in [6.07, 6.45) is 0. The molecule has 0 amide bonds. The third kappa shape index (κ3) is 5.25. The third-order valence-electron chi connectivity index (χ3n) is 3.20. The van der Waals surface area contributed by atoms with Crippen molar-refractivity contribution in [3.8, 4) is 0 Å². The van der Waals surface area contributed by atoms with Gasteiger partial charge >= 0.3 is 0 Å². The van der Waals surface area contributed by atoms with Crippen LogP contribution in [-0.2, 0) is 6.54 Å². The van der Waals surface area contributed by atoms with Crippen molar-refractivity contribution in [3.63, 3.8) is 0 Å². The van der Waals surface area contributed by atoms with Crippen LogP contribution in [0.4, 0.5) is 8.78 Å². The van der Waals surface area contributed by atoms with Crippen molar-refractivity contribution in [2.24, 2.45) is 0 Å². The van der Waals surface area contributed by atoms with Crippen LogP contribution in [0.25, 0.3) is 0 Å². The standard InChI is InChI=1S/C15H24F2N2/c1-11(2)19(12(3)4)8-7-18-10-13-9-14(16)5-6-15(13)17/h5-6,9,11-12,18H,7-8,10H2,1-4H3. The Morgan fingerprint density at radius 2 is 1.74 bits per heavy atom. The first-order chi connectivity index (χ1) is 8.91. The van der Waals surface area contributed by atoms with E-state index in [0.717, 1.165) is 19.2 Å². The van der Waals surface area contributed by atoms with Gasteiger partial charge in [-0.3, -0.25) is 4.90 Å². The first-order valence-corrected chi connectivity index (χ1v) is 6.82. The molecule has 1 N–H and O–H groups in total. The zero-order valence-corrected chi connectivity index (χ0v) is 12.2. The van der Waals surface area contributed by atoms with Crippen LogP contribution >= 0.6 is 0 Å². The molecule has 0 aliphatic heterocycles. The summed E-state index contributed by atoms with van der Waals surface area (Å²) >= 11 is 0. The van der Waals surface area contributed by atoms with E-state index in [1.807, 2.05) is 0 Å². The number of rotatable bonds is 7. The van der Waals surface area contributed by atoms with Crippen LogP contribution in [-0.4, -0.2) is 30.1 Å². The highest BCUT2D eigenvalue weighted by molar-refractivity contribution is 5.18. The number of nitrogens with zero attached hydrogens (tertiary/aromatic N) is 1. The van der Waals surface area contributed by atoms with E-state index in [0.29, 0.717) is 24.2 Å². The zero-order chi connectivity index (χ0) is 14.4. The van der Waals surface area contributed by atoms with E-state index in [1.165, 1.54) is 12.1 Å². The Morgan fingerprint density at radius 3 is 2.32 bits per heavy atom. The van der Waals surface area contributed by atoms with E-state index in [4.69, 9.17) is 0 Å². The normalized spacial score (nSPS) is 11.8. The molecule has 0 atom stereocenters. The van der Waals surface area contributed by atoms with Gasteiger partial charge in [-0.25, -0.2) is 8.78 Å². The summed E-state index contributed by atoms with van der Waals surface area (Å²) in [7, 11) is 0. The van der Waals surface area contributed by atoms with E-state index in [9.17, 15) is 8.78 Å². The highest BCUT2D eigenvalue weighted by Crippen LogP contribution is 2.09. The van der Waals surface area contributed by atoms with E-state index in [1.54, 1.807) is 0 Å². The average Bonchev–Trinajstić information content (AvgIpc) is 2.32. The Hall–Kier alpha value is -1.00. The van der Waals surface area contributed by atoms with Gasteiger partial charge in [0.25, 0.3) is 0 Å². The van der Waals surface area contributed by atoms with Crippen molar-refractivity contribution >= 4 is 0 Å². The van der Waals surface area contributed by atoms with Gasteiger partial charge in [0, 0.05) is 37.3 Å². The lowest BCUT2D eigenvalue weighted by atomic mass is 10.2. The van der Waals surface area contributed by atoms with Crippen LogP contribution in [0.1, 0.15) is 33.3 Å². The van der Waals surface area contributed by atoms with E-state index < -0.39 is 5.82 Å². The maximum Gasteiger partial charge on any atom is 0.127 e. The lowest BCUT2D eigenvalue weighted by Gasteiger charge is -2.30. The molecule has 0 fully saturated rings. The number of hydrogen-bond donors (Lipinski definition) is 1. The minimum Gasteiger partial charge on any atom is -0.311 e. The fraction of sp³-hybridized carbons (Fsp3) is 0.600. The summed E-state index contributed by atoms with van der Waals surface area (Å²) in [5.41, 5.74) is 0.376. The molecule has 2 nitrogen and oxygen atoms in total. The second-order valence-corrected chi connectivity index (χ2v) is 5.34. The molecule has 0 unspecified atom stereocenters. The fourth-order valence-corrected chi connectivity index (χ4v) is 2.22. The van der Waals surface area contributed by atoms with E-state index >= 15 is 0 Å². The number of nitrogens with one attached hydrogen (secondary N) is 1. The van der Waals surface area contributed by atoms with Crippen molar-refractivity contribution in [2.45, 2.75) is 46.3 Å². The van der Waals surface area contributed by atoms with Gasteiger partial charge in [-0.1, -0.05) is 0 Å². The molecule has 0 heterocycles. The second kappa shape index (κ2) is 7.56. The van der Waals surface area contributed by atoms with E-state index in [-0.39, 0.29) is 5.82 Å². The fourth-order valence-electron chi connectivity index (χ4n) is 2.22. The Bertz CT molecular complexity index is 384. The quantitative estimate of drug-likeness (QED) is 0.766. The van der Waals surface area contributed by atoms with Crippen LogP contribution in [0, 0.1) is 11.6 Å². The lowest BCUT2D eigenvalue weighted by Crippen LogP contribution is -2.41. The molecule has 0 aliphatic rings. The predicted octanol–water partition coefficient (Wildman–Crippen LogP) is 3.17. The number of halogens is 2. The largest absolute Gasteiger partial charge is 0.311 e. The van der Waals surface area contributed by atoms with Gasteiger partial charge in [0.1, 0.15) is 11.6 Å². The molecule has 0 radical (unpaired) electrons. The van der Waals surface area contributed by atoms with Crippen LogP contribution in [0.5, 0.6) is 0 Å². The SMILES string of the molecule is CC(C)N(CCNCc1cc(F)ccc1F)C(C)C. The Kier molecular flexibility index (Phi) is 6.38. The summed E-state index contributed by atoms with van der Waals surface area (Å²) in [6.45, 7) is 10.6. The van der Waals surface area contributed by atoms with Crippen LogP contribution < -0.4 is 5.32 Å². The van der Waals surface area contributed by atoms with Crippen molar-refractivity contribution in [3.05, 3.63) is 35.4 Å². The van der Waals surface area contributed by atoms with Gasteiger partial charge in [0.15, 0.2) is 0 Å². The molecule has 0 aliphatic carbocycles. The topological polar surface area (TPSA) is 15.3 Å². The molecule has 1 rings (SSSR count). The molecule has 0 spiro atoms. The molecule has 19 heavy (non-hydrogen) atoms. The highest BCUT2D eigenvalue weighted by atomic mass is 19.1. The predicted molar refractivity (Wildman–Crippen MR) is 75.0 cm³/mol. The summed E-state index contributed by atoms with van der Waals surface area (Å²) in [5, 5.41) is 3.16. The van der Waals surface area contributed by atoms with E-state index in [2.05, 4.69) is 37.9 Å². The minimum atomic E-state index is -0.399. The van der Waals surface area contributed by atoms with Crippen molar-refractivity contribution < 1.29 is 8.78 Å². The minimum absolute atomic E-state index is 0.355. The Balaban J connectivity index is 2.40. The Morgan fingerprint density at radius 1 is 1.11 bits per heavy atom. The van der Waals surface area contributed by atoms with Crippen molar-refractivity contribution in [1.82, 2.24) is 10.2 Å². The summed E-state index contributed by atoms with van der Waals surface area (Å²) in [4.78, 5) is 2.36. The number of hydrogen-bond acceptors (Lipinski definition) is 2. The molecule has 1 aromatic carbocycles. The van der Waals surface area contributed by atoms with Crippen LogP contribution in [0.2, 0.25) is 0 Å². The van der Waals surface area contributed by atoms with Gasteiger partial charge in [-0.05, 0) is 45.9 Å². The molecule has 0 saturated heterocycles. The van der Waals surface area contributed by atoms with Gasteiger partial charge < -0.3 is 5.32 Å².